The summed E-state index contributed by atoms with van der Waals surface area (Å²) in [6.45, 7) is 4.75. The number of carboxylic acid groups (broad SMARTS) is 1. The number of rotatable bonds is 4. The van der Waals surface area contributed by atoms with E-state index in [4.69, 9.17) is 9.84 Å². The minimum atomic E-state index is -4.83. The zero-order valence-electron chi connectivity index (χ0n) is 11.5. The highest BCUT2D eigenvalue weighted by molar-refractivity contribution is 5.71. The summed E-state index contributed by atoms with van der Waals surface area (Å²) < 4.78 is 42.8. The Labute approximate surface area is 115 Å². The largest absolute Gasteiger partial charge is 0.492 e. The molecule has 1 rings (SSSR count). The van der Waals surface area contributed by atoms with Gasteiger partial charge in [0.05, 0.1) is 0 Å². The first-order chi connectivity index (χ1) is 9.03. The van der Waals surface area contributed by atoms with Crippen LogP contribution in [-0.2, 0) is 10.2 Å². The Morgan fingerprint density at radius 3 is 2.25 bits per heavy atom. The van der Waals surface area contributed by atoms with E-state index in [-0.39, 0.29) is 11.2 Å². The molecular formula is C14H17F3O3. The van der Waals surface area contributed by atoms with E-state index in [2.05, 4.69) is 0 Å². The number of alkyl halides is 3. The molecule has 0 radical (unpaired) electrons. The maximum absolute atomic E-state index is 12.5. The Bertz CT molecular complexity index is 475. The van der Waals surface area contributed by atoms with Crippen molar-refractivity contribution in [1.29, 1.82) is 0 Å². The monoisotopic (exact) mass is 290 g/mol. The second-order valence-electron chi connectivity index (χ2n) is 5.49. The predicted octanol–water partition coefficient (Wildman–Crippen LogP) is 3.63. The van der Waals surface area contributed by atoms with Gasteiger partial charge < -0.3 is 9.84 Å². The van der Waals surface area contributed by atoms with E-state index in [1.165, 1.54) is 6.07 Å². The number of halogens is 3. The zero-order chi connectivity index (χ0) is 15.6. The molecule has 0 saturated heterocycles. The fourth-order valence-corrected chi connectivity index (χ4v) is 1.69. The first kappa shape index (κ1) is 16.3. The molecule has 0 saturated carbocycles. The molecule has 6 heteroatoms. The van der Waals surface area contributed by atoms with Crippen molar-refractivity contribution in [1.82, 2.24) is 0 Å². The van der Waals surface area contributed by atoms with Gasteiger partial charge in [-0.1, -0.05) is 39.0 Å². The third-order valence-corrected chi connectivity index (χ3v) is 2.79. The normalized spacial score (nSPS) is 13.9. The van der Waals surface area contributed by atoms with Gasteiger partial charge in [-0.2, -0.15) is 13.2 Å². The molecule has 0 fully saturated rings. The lowest BCUT2D eigenvalue weighted by atomic mass is 9.86. The second kappa shape index (κ2) is 5.73. The van der Waals surface area contributed by atoms with E-state index < -0.39 is 24.7 Å². The number of ether oxygens (including phenoxy) is 1. The first-order valence-corrected chi connectivity index (χ1v) is 6.05. The van der Waals surface area contributed by atoms with Crippen molar-refractivity contribution in [2.24, 2.45) is 5.92 Å². The molecule has 0 aliphatic rings. The van der Waals surface area contributed by atoms with Gasteiger partial charge in [-0.05, 0) is 17.0 Å². The van der Waals surface area contributed by atoms with E-state index in [1.54, 1.807) is 18.2 Å². The lowest BCUT2D eigenvalue weighted by molar-refractivity contribution is -0.198. The van der Waals surface area contributed by atoms with Crippen LogP contribution in [0.2, 0.25) is 0 Å². The molecule has 20 heavy (non-hydrogen) atoms. The van der Waals surface area contributed by atoms with E-state index in [0.717, 1.165) is 5.56 Å². The number of hydrogen-bond donors (Lipinski definition) is 1. The average molecular weight is 290 g/mol. The van der Waals surface area contributed by atoms with Crippen molar-refractivity contribution >= 4 is 5.97 Å². The molecule has 0 aliphatic heterocycles. The predicted molar refractivity (Wildman–Crippen MR) is 67.8 cm³/mol. The third kappa shape index (κ3) is 4.15. The van der Waals surface area contributed by atoms with Crippen LogP contribution in [0, 0.1) is 5.92 Å². The molecule has 112 valence electrons. The highest BCUT2D eigenvalue weighted by Crippen LogP contribution is 2.33. The standard InChI is InChI=1S/C14H17F3O3/c1-13(2,3)9-6-4-5-7-11(9)20-8-10(12(18)19)14(15,16)17/h4-7,10H,8H2,1-3H3,(H,18,19). The molecule has 1 atom stereocenters. The Balaban J connectivity index is 2.93. The third-order valence-electron chi connectivity index (χ3n) is 2.79. The van der Waals surface area contributed by atoms with Crippen LogP contribution in [0.4, 0.5) is 13.2 Å². The van der Waals surface area contributed by atoms with Crippen molar-refractivity contribution in [3.63, 3.8) is 0 Å². The van der Waals surface area contributed by atoms with E-state index in [9.17, 15) is 18.0 Å². The molecule has 0 aromatic heterocycles. The van der Waals surface area contributed by atoms with Gasteiger partial charge in [0.15, 0.2) is 5.92 Å². The van der Waals surface area contributed by atoms with Crippen molar-refractivity contribution in [2.45, 2.75) is 32.4 Å². The Morgan fingerprint density at radius 2 is 1.80 bits per heavy atom. The van der Waals surface area contributed by atoms with Crippen molar-refractivity contribution in [3.8, 4) is 5.75 Å². The smallest absolute Gasteiger partial charge is 0.405 e. The van der Waals surface area contributed by atoms with Crippen LogP contribution in [0.25, 0.3) is 0 Å². The Hall–Kier alpha value is -1.72. The van der Waals surface area contributed by atoms with Gasteiger partial charge in [0.2, 0.25) is 0 Å². The van der Waals surface area contributed by atoms with Crippen LogP contribution in [0.15, 0.2) is 24.3 Å². The quantitative estimate of drug-likeness (QED) is 0.921. The molecule has 1 N–H and O–H groups in total. The number of aliphatic carboxylic acids is 1. The molecule has 0 spiro atoms. The number of benzene rings is 1. The van der Waals surface area contributed by atoms with Gasteiger partial charge in [-0.3, -0.25) is 4.79 Å². The topological polar surface area (TPSA) is 46.5 Å². The van der Waals surface area contributed by atoms with Gasteiger partial charge in [0, 0.05) is 0 Å². The summed E-state index contributed by atoms with van der Waals surface area (Å²) >= 11 is 0. The fourth-order valence-electron chi connectivity index (χ4n) is 1.69. The SMILES string of the molecule is CC(C)(C)c1ccccc1OCC(C(=O)O)C(F)(F)F. The molecule has 3 nitrogen and oxygen atoms in total. The van der Waals surface area contributed by atoms with Gasteiger partial charge in [0.1, 0.15) is 12.4 Å². The molecule has 0 amide bonds. The Kier molecular flexibility index (Phi) is 4.68. The van der Waals surface area contributed by atoms with Crippen LogP contribution in [-0.4, -0.2) is 23.9 Å². The van der Waals surface area contributed by atoms with Crippen LogP contribution in [0.5, 0.6) is 5.75 Å². The van der Waals surface area contributed by atoms with Crippen molar-refractivity contribution in [3.05, 3.63) is 29.8 Å². The minimum absolute atomic E-state index is 0.274. The molecule has 0 aliphatic carbocycles. The van der Waals surface area contributed by atoms with Crippen LogP contribution in [0.3, 0.4) is 0 Å². The summed E-state index contributed by atoms with van der Waals surface area (Å²) in [6, 6.07) is 6.67. The molecule has 1 unspecified atom stereocenters. The lowest BCUT2D eigenvalue weighted by Crippen LogP contribution is -2.35. The van der Waals surface area contributed by atoms with Crippen LogP contribution >= 0.6 is 0 Å². The van der Waals surface area contributed by atoms with Gasteiger partial charge >= 0.3 is 12.1 Å². The van der Waals surface area contributed by atoms with Crippen LogP contribution < -0.4 is 4.74 Å². The zero-order valence-corrected chi connectivity index (χ0v) is 11.5. The van der Waals surface area contributed by atoms with Crippen molar-refractivity contribution in [2.75, 3.05) is 6.61 Å². The maximum Gasteiger partial charge on any atom is 0.405 e. The van der Waals surface area contributed by atoms with Gasteiger partial charge in [-0.15, -0.1) is 0 Å². The summed E-state index contributed by atoms with van der Waals surface area (Å²) in [6.07, 6.45) is -4.83. The summed E-state index contributed by atoms with van der Waals surface area (Å²) in [7, 11) is 0. The number of carboxylic acids is 1. The summed E-state index contributed by atoms with van der Waals surface area (Å²) in [4.78, 5) is 10.6. The lowest BCUT2D eigenvalue weighted by Gasteiger charge is -2.24. The van der Waals surface area contributed by atoms with Gasteiger partial charge in [0.25, 0.3) is 0 Å². The molecular weight excluding hydrogens is 273 g/mol. The fraction of sp³-hybridized carbons (Fsp3) is 0.500. The number of hydrogen-bond acceptors (Lipinski definition) is 2. The molecule has 0 bridgehead atoms. The highest BCUT2D eigenvalue weighted by atomic mass is 19.4. The average Bonchev–Trinajstić information content (AvgIpc) is 2.26. The van der Waals surface area contributed by atoms with E-state index in [1.807, 2.05) is 20.8 Å². The maximum atomic E-state index is 12.5. The minimum Gasteiger partial charge on any atom is -0.492 e. The molecule has 1 aromatic rings. The highest BCUT2D eigenvalue weighted by Gasteiger charge is 2.45. The second-order valence-corrected chi connectivity index (χ2v) is 5.49. The summed E-state index contributed by atoms with van der Waals surface area (Å²) in [5.74, 6) is -4.20. The van der Waals surface area contributed by atoms with Crippen molar-refractivity contribution < 1.29 is 27.8 Å². The van der Waals surface area contributed by atoms with E-state index in [0.29, 0.717) is 0 Å². The Morgan fingerprint density at radius 1 is 1.25 bits per heavy atom. The first-order valence-electron chi connectivity index (χ1n) is 6.05. The summed E-state index contributed by atoms with van der Waals surface area (Å²) in [5.41, 5.74) is 0.416. The van der Waals surface area contributed by atoms with Gasteiger partial charge in [-0.25, -0.2) is 0 Å². The number of para-hydroxylation sites is 1. The molecule has 0 heterocycles. The van der Waals surface area contributed by atoms with Crippen LogP contribution in [0.1, 0.15) is 26.3 Å². The molecule has 1 aromatic carbocycles. The number of carbonyl (C=O) groups is 1. The van der Waals surface area contributed by atoms with E-state index >= 15 is 0 Å². The summed E-state index contributed by atoms with van der Waals surface area (Å²) in [5, 5.41) is 8.62.